The molecule has 2 atom stereocenters. The van der Waals surface area contributed by atoms with Crippen molar-refractivity contribution in [3.63, 3.8) is 0 Å². The van der Waals surface area contributed by atoms with Crippen molar-refractivity contribution in [3.05, 3.63) is 0 Å². The number of aliphatic hydroxyl groups excluding tert-OH is 1. The van der Waals surface area contributed by atoms with E-state index in [1.807, 2.05) is 0 Å². The summed E-state index contributed by atoms with van der Waals surface area (Å²) >= 11 is 0. The third-order valence-corrected chi connectivity index (χ3v) is 4.67. The Morgan fingerprint density at radius 3 is 2.40 bits per heavy atom. The highest BCUT2D eigenvalue weighted by Gasteiger charge is 2.31. The van der Waals surface area contributed by atoms with Crippen molar-refractivity contribution in [1.82, 2.24) is 5.32 Å². The van der Waals surface area contributed by atoms with Crippen LogP contribution in [0.15, 0.2) is 0 Å². The molecule has 1 aliphatic rings. The quantitative estimate of drug-likeness (QED) is 0.647. The largest absolute Gasteiger partial charge is 0.389 e. The van der Waals surface area contributed by atoms with Gasteiger partial charge in [0.2, 0.25) is 0 Å². The molecular formula is C17H35NO2. The Hall–Kier alpha value is -0.120. The molecule has 0 bridgehead atoms. The number of aliphatic hydroxyl groups is 1. The molecule has 0 aromatic carbocycles. The molecule has 0 spiro atoms. The number of ether oxygens (including phenoxy) is 1. The lowest BCUT2D eigenvalue weighted by atomic mass is 9.83. The van der Waals surface area contributed by atoms with Crippen molar-refractivity contribution in [1.29, 1.82) is 0 Å². The van der Waals surface area contributed by atoms with Crippen LogP contribution in [0, 0.1) is 11.3 Å². The molecule has 20 heavy (non-hydrogen) atoms. The van der Waals surface area contributed by atoms with Gasteiger partial charge in [-0.3, -0.25) is 0 Å². The first kappa shape index (κ1) is 17.9. The van der Waals surface area contributed by atoms with E-state index in [0.717, 1.165) is 13.0 Å². The number of hydrogen-bond acceptors (Lipinski definition) is 3. The Bertz CT molecular complexity index is 249. The van der Waals surface area contributed by atoms with Gasteiger partial charge in [-0.25, -0.2) is 0 Å². The van der Waals surface area contributed by atoms with Gasteiger partial charge in [0.25, 0.3) is 0 Å². The molecule has 1 rings (SSSR count). The fourth-order valence-electron chi connectivity index (χ4n) is 3.35. The first-order valence-corrected chi connectivity index (χ1v) is 8.48. The van der Waals surface area contributed by atoms with Crippen molar-refractivity contribution in [2.75, 3.05) is 19.7 Å². The summed E-state index contributed by atoms with van der Waals surface area (Å²) in [5, 5.41) is 13.4. The number of nitrogens with one attached hydrogen (secondary N) is 1. The fraction of sp³-hybridized carbons (Fsp3) is 1.00. The van der Waals surface area contributed by atoms with Crippen LogP contribution >= 0.6 is 0 Å². The Labute approximate surface area is 125 Å². The predicted octanol–water partition coefficient (Wildman–Crippen LogP) is 3.36. The average Bonchev–Trinajstić information content (AvgIpc) is 2.85. The van der Waals surface area contributed by atoms with Gasteiger partial charge < -0.3 is 15.2 Å². The van der Waals surface area contributed by atoms with Crippen LogP contribution < -0.4 is 5.32 Å². The van der Waals surface area contributed by atoms with Crippen molar-refractivity contribution in [2.24, 2.45) is 11.3 Å². The number of hydrogen-bond donors (Lipinski definition) is 2. The molecular weight excluding hydrogens is 250 g/mol. The molecule has 1 fully saturated rings. The van der Waals surface area contributed by atoms with Crippen LogP contribution in [0.4, 0.5) is 0 Å². The van der Waals surface area contributed by atoms with Gasteiger partial charge in [-0.1, -0.05) is 33.6 Å². The topological polar surface area (TPSA) is 41.5 Å². The van der Waals surface area contributed by atoms with Gasteiger partial charge in [-0.2, -0.15) is 0 Å². The third kappa shape index (κ3) is 6.55. The molecule has 120 valence electrons. The van der Waals surface area contributed by atoms with Crippen LogP contribution in [-0.4, -0.2) is 37.0 Å². The second kappa shape index (κ2) is 9.01. The summed E-state index contributed by atoms with van der Waals surface area (Å²) in [5.41, 5.74) is 0.492. The van der Waals surface area contributed by atoms with Crippen LogP contribution in [0.5, 0.6) is 0 Å². The SMILES string of the molecule is CCC1(CNCC(O)COC(C)CC(C)C)CCCC1. The average molecular weight is 285 g/mol. The van der Waals surface area contributed by atoms with E-state index in [4.69, 9.17) is 4.74 Å². The molecule has 0 aromatic rings. The Morgan fingerprint density at radius 1 is 1.20 bits per heavy atom. The molecule has 0 amide bonds. The summed E-state index contributed by atoms with van der Waals surface area (Å²) in [7, 11) is 0. The first-order chi connectivity index (χ1) is 9.47. The highest BCUT2D eigenvalue weighted by atomic mass is 16.5. The molecule has 3 heteroatoms. The molecule has 0 heterocycles. The number of rotatable bonds is 10. The zero-order chi connectivity index (χ0) is 15.0. The third-order valence-electron chi connectivity index (χ3n) is 4.67. The van der Waals surface area contributed by atoms with E-state index in [-0.39, 0.29) is 12.2 Å². The van der Waals surface area contributed by atoms with Crippen LogP contribution in [0.2, 0.25) is 0 Å². The summed E-state index contributed by atoms with van der Waals surface area (Å²) in [6.45, 7) is 10.9. The van der Waals surface area contributed by atoms with Gasteiger partial charge in [-0.05, 0) is 43.9 Å². The lowest BCUT2D eigenvalue weighted by Crippen LogP contribution is -2.38. The zero-order valence-corrected chi connectivity index (χ0v) is 14.0. The van der Waals surface area contributed by atoms with Gasteiger partial charge in [0.1, 0.15) is 0 Å². The molecule has 2 N–H and O–H groups in total. The molecule has 2 unspecified atom stereocenters. The van der Waals surface area contributed by atoms with Gasteiger partial charge in [-0.15, -0.1) is 0 Å². The van der Waals surface area contributed by atoms with Gasteiger partial charge in [0.15, 0.2) is 0 Å². The van der Waals surface area contributed by atoms with E-state index in [1.165, 1.54) is 32.1 Å². The zero-order valence-electron chi connectivity index (χ0n) is 14.0. The minimum absolute atomic E-state index is 0.237. The van der Waals surface area contributed by atoms with E-state index >= 15 is 0 Å². The minimum Gasteiger partial charge on any atom is -0.389 e. The monoisotopic (exact) mass is 285 g/mol. The van der Waals surface area contributed by atoms with Crippen LogP contribution in [0.1, 0.15) is 66.2 Å². The van der Waals surface area contributed by atoms with Crippen LogP contribution in [0.3, 0.4) is 0 Å². The highest BCUT2D eigenvalue weighted by molar-refractivity contribution is 4.85. The Morgan fingerprint density at radius 2 is 1.85 bits per heavy atom. The molecule has 0 radical (unpaired) electrons. The standard InChI is InChI=1S/C17H35NO2/c1-5-17(8-6-7-9-17)13-18-11-16(19)12-20-15(4)10-14(2)3/h14-16,18-19H,5-13H2,1-4H3. The Kier molecular flexibility index (Phi) is 8.08. The second-order valence-electron chi connectivity index (χ2n) is 7.12. The first-order valence-electron chi connectivity index (χ1n) is 8.48. The van der Waals surface area contributed by atoms with E-state index in [2.05, 4.69) is 33.0 Å². The van der Waals surface area contributed by atoms with E-state index in [0.29, 0.717) is 24.5 Å². The normalized spacial score (nSPS) is 21.3. The summed E-state index contributed by atoms with van der Waals surface area (Å²) in [6.07, 6.45) is 7.57. The van der Waals surface area contributed by atoms with Gasteiger partial charge in [0.05, 0.1) is 18.8 Å². The van der Waals surface area contributed by atoms with Crippen LogP contribution in [0.25, 0.3) is 0 Å². The fourth-order valence-corrected chi connectivity index (χ4v) is 3.35. The molecule has 0 saturated heterocycles. The second-order valence-corrected chi connectivity index (χ2v) is 7.12. The maximum Gasteiger partial charge on any atom is 0.0897 e. The van der Waals surface area contributed by atoms with Crippen molar-refractivity contribution in [3.8, 4) is 0 Å². The van der Waals surface area contributed by atoms with E-state index < -0.39 is 0 Å². The van der Waals surface area contributed by atoms with Gasteiger partial charge >= 0.3 is 0 Å². The van der Waals surface area contributed by atoms with E-state index in [9.17, 15) is 5.11 Å². The lowest BCUT2D eigenvalue weighted by molar-refractivity contribution is -0.00924. The molecule has 3 nitrogen and oxygen atoms in total. The molecule has 0 aromatic heterocycles. The summed E-state index contributed by atoms with van der Waals surface area (Å²) < 4.78 is 5.70. The summed E-state index contributed by atoms with van der Waals surface area (Å²) in [6, 6.07) is 0. The van der Waals surface area contributed by atoms with E-state index in [1.54, 1.807) is 0 Å². The lowest BCUT2D eigenvalue weighted by Gasteiger charge is -2.28. The van der Waals surface area contributed by atoms with Crippen molar-refractivity contribution < 1.29 is 9.84 Å². The predicted molar refractivity (Wildman–Crippen MR) is 84.9 cm³/mol. The summed E-state index contributed by atoms with van der Waals surface area (Å²) in [4.78, 5) is 0. The van der Waals surface area contributed by atoms with Crippen molar-refractivity contribution in [2.45, 2.75) is 78.4 Å². The maximum atomic E-state index is 9.98. The van der Waals surface area contributed by atoms with Crippen molar-refractivity contribution >= 4 is 0 Å². The summed E-state index contributed by atoms with van der Waals surface area (Å²) in [5.74, 6) is 0.645. The molecule has 0 aliphatic heterocycles. The maximum absolute atomic E-state index is 9.98. The van der Waals surface area contributed by atoms with Gasteiger partial charge in [0, 0.05) is 13.1 Å². The Balaban J connectivity index is 2.12. The highest BCUT2D eigenvalue weighted by Crippen LogP contribution is 2.40. The minimum atomic E-state index is -0.389. The molecule has 1 aliphatic carbocycles. The molecule has 1 saturated carbocycles. The van der Waals surface area contributed by atoms with Crippen LogP contribution in [-0.2, 0) is 4.74 Å². The smallest absolute Gasteiger partial charge is 0.0897 e.